The minimum atomic E-state index is -1.08. The Bertz CT molecular complexity index is 279. The van der Waals surface area contributed by atoms with Gasteiger partial charge in [-0.15, -0.1) is 0 Å². The highest BCUT2D eigenvalue weighted by Crippen LogP contribution is 2.19. The Morgan fingerprint density at radius 2 is 2.27 bits per heavy atom. The summed E-state index contributed by atoms with van der Waals surface area (Å²) in [7, 11) is 1.65. The number of ether oxygens (including phenoxy) is 1. The molecule has 0 aliphatic heterocycles. The maximum Gasteiger partial charge on any atom is 0.160 e. The lowest BCUT2D eigenvalue weighted by Gasteiger charge is -1.97. The third-order valence-corrected chi connectivity index (χ3v) is 1.58. The maximum atomic E-state index is 8.89. The van der Waals surface area contributed by atoms with Gasteiger partial charge in [-0.05, 0) is 6.92 Å². The van der Waals surface area contributed by atoms with E-state index >= 15 is 0 Å². The van der Waals surface area contributed by atoms with Crippen molar-refractivity contribution in [1.29, 1.82) is 0 Å². The van der Waals surface area contributed by atoms with E-state index in [4.69, 9.17) is 19.1 Å². The third kappa shape index (κ3) is 6.56. The largest absolute Gasteiger partial charge is 0.550 e. The van der Waals surface area contributed by atoms with Crippen molar-refractivity contribution in [2.24, 2.45) is 0 Å². The lowest BCUT2D eigenvalue weighted by molar-refractivity contribution is -0.368. The number of carboxylic acids is 1. The van der Waals surface area contributed by atoms with E-state index in [2.05, 4.69) is 5.73 Å². The molecule has 86 valence electrons. The van der Waals surface area contributed by atoms with E-state index in [1.807, 2.05) is 6.07 Å². The van der Waals surface area contributed by atoms with Crippen LogP contribution in [0.4, 0.5) is 0 Å². The first kappa shape index (κ1) is 13.5. The Labute approximate surface area is 88.8 Å². The number of furan rings is 1. The molecule has 0 aromatic carbocycles. The first-order chi connectivity index (χ1) is 7.11. The van der Waals surface area contributed by atoms with E-state index in [1.54, 1.807) is 13.4 Å². The molecule has 0 saturated carbocycles. The molecule has 3 N–H and O–H groups in total. The fraction of sp³-hybridized carbons (Fsp3) is 0.500. The smallest absolute Gasteiger partial charge is 0.160 e. The Morgan fingerprint density at radius 1 is 1.67 bits per heavy atom. The van der Waals surface area contributed by atoms with Crippen LogP contribution in [0.2, 0.25) is 0 Å². The van der Waals surface area contributed by atoms with Gasteiger partial charge in [-0.3, -0.25) is 0 Å². The molecule has 0 bridgehead atoms. The molecule has 0 amide bonds. The molecule has 1 aromatic rings. The molecule has 0 saturated heterocycles. The number of carboxylic acid groups (broad SMARTS) is 1. The highest BCUT2D eigenvalue weighted by molar-refractivity contribution is 5.60. The summed E-state index contributed by atoms with van der Waals surface area (Å²) in [6.45, 7) is 1.91. The predicted octanol–water partition coefficient (Wildman–Crippen LogP) is -0.781. The molecular formula is C10H17NO4. The standard InChI is InChI=1S/C8H13NO2.C2H4O2/c1-10-7-4-6-11-8(7)3-2-5-9;1-2(3)4/h4,6H,2-3,5,9H2,1H3;1H3,(H,3,4). The first-order valence-electron chi connectivity index (χ1n) is 4.69. The van der Waals surface area contributed by atoms with Crippen LogP contribution in [0.1, 0.15) is 19.1 Å². The van der Waals surface area contributed by atoms with Gasteiger partial charge in [-0.2, -0.15) is 0 Å². The third-order valence-electron chi connectivity index (χ3n) is 1.58. The predicted molar refractivity (Wildman–Crippen MR) is 52.0 cm³/mol. The average molecular weight is 215 g/mol. The topological polar surface area (TPSA) is 90.1 Å². The zero-order valence-electron chi connectivity index (χ0n) is 9.12. The SMILES string of the molecule is CC(=O)[O-].COc1ccoc1CCC[NH3+]. The summed E-state index contributed by atoms with van der Waals surface area (Å²) in [6.07, 6.45) is 3.61. The second kappa shape index (κ2) is 7.87. The average Bonchev–Trinajstić information content (AvgIpc) is 2.60. The van der Waals surface area contributed by atoms with Gasteiger partial charge >= 0.3 is 0 Å². The van der Waals surface area contributed by atoms with Crippen molar-refractivity contribution in [3.05, 3.63) is 18.1 Å². The summed E-state index contributed by atoms with van der Waals surface area (Å²) in [5.74, 6) is 0.689. The first-order valence-corrected chi connectivity index (χ1v) is 4.69. The number of aryl methyl sites for hydroxylation is 1. The summed E-state index contributed by atoms with van der Waals surface area (Å²) >= 11 is 0. The molecule has 5 nitrogen and oxygen atoms in total. The Balaban J connectivity index is 0.000000423. The van der Waals surface area contributed by atoms with Crippen molar-refractivity contribution < 1.29 is 24.8 Å². The molecule has 5 heteroatoms. The molecule has 0 spiro atoms. The van der Waals surface area contributed by atoms with Gasteiger partial charge < -0.3 is 24.8 Å². The molecule has 0 aliphatic carbocycles. The van der Waals surface area contributed by atoms with E-state index in [1.165, 1.54) is 0 Å². The molecule has 0 aliphatic rings. The van der Waals surface area contributed by atoms with Crippen LogP contribution < -0.4 is 15.6 Å². The quantitative estimate of drug-likeness (QED) is 0.713. The van der Waals surface area contributed by atoms with Gasteiger partial charge in [0.2, 0.25) is 0 Å². The summed E-state index contributed by atoms with van der Waals surface area (Å²) in [4.78, 5) is 8.89. The van der Waals surface area contributed by atoms with Crippen molar-refractivity contribution >= 4 is 5.97 Å². The van der Waals surface area contributed by atoms with E-state index in [0.29, 0.717) is 0 Å². The monoisotopic (exact) mass is 215 g/mol. The Morgan fingerprint density at radius 3 is 2.73 bits per heavy atom. The van der Waals surface area contributed by atoms with Gasteiger partial charge in [0, 0.05) is 24.9 Å². The van der Waals surface area contributed by atoms with Gasteiger partial charge in [-0.25, -0.2) is 0 Å². The summed E-state index contributed by atoms with van der Waals surface area (Å²) < 4.78 is 10.3. The molecule has 15 heavy (non-hydrogen) atoms. The number of rotatable bonds is 4. The number of carbonyl (C=O) groups is 1. The van der Waals surface area contributed by atoms with Crippen LogP contribution in [-0.4, -0.2) is 19.6 Å². The molecule has 0 atom stereocenters. The summed E-state index contributed by atoms with van der Waals surface area (Å²) in [5, 5.41) is 8.89. The van der Waals surface area contributed by atoms with Gasteiger partial charge in [0.15, 0.2) is 5.75 Å². The zero-order valence-corrected chi connectivity index (χ0v) is 9.12. The molecule has 1 aromatic heterocycles. The fourth-order valence-electron chi connectivity index (χ4n) is 0.979. The normalized spacial score (nSPS) is 9.00. The summed E-state index contributed by atoms with van der Waals surface area (Å²) in [6, 6.07) is 1.83. The van der Waals surface area contributed by atoms with Crippen LogP contribution in [0.5, 0.6) is 5.75 Å². The maximum absolute atomic E-state index is 8.89. The van der Waals surface area contributed by atoms with E-state index in [0.717, 1.165) is 37.8 Å². The van der Waals surface area contributed by atoms with Crippen molar-refractivity contribution in [2.75, 3.05) is 13.7 Å². The Kier molecular flexibility index (Phi) is 7.09. The van der Waals surface area contributed by atoms with Crippen molar-refractivity contribution in [1.82, 2.24) is 0 Å². The van der Waals surface area contributed by atoms with Crippen LogP contribution in [0.25, 0.3) is 0 Å². The molecular weight excluding hydrogens is 198 g/mol. The number of hydrogen-bond acceptors (Lipinski definition) is 4. The number of hydrogen-bond donors (Lipinski definition) is 1. The number of methoxy groups -OCH3 is 1. The van der Waals surface area contributed by atoms with Gasteiger partial charge in [0.1, 0.15) is 5.76 Å². The molecule has 0 unspecified atom stereocenters. The highest BCUT2D eigenvalue weighted by atomic mass is 16.5. The second-order valence-electron chi connectivity index (χ2n) is 2.86. The van der Waals surface area contributed by atoms with Crippen LogP contribution >= 0.6 is 0 Å². The van der Waals surface area contributed by atoms with Gasteiger partial charge in [0.05, 0.1) is 19.9 Å². The van der Waals surface area contributed by atoms with Crippen LogP contribution in [0, 0.1) is 0 Å². The van der Waals surface area contributed by atoms with Crippen LogP contribution in [-0.2, 0) is 11.2 Å². The lowest BCUT2D eigenvalue weighted by Crippen LogP contribution is -2.50. The fourth-order valence-corrected chi connectivity index (χ4v) is 0.979. The van der Waals surface area contributed by atoms with Crippen LogP contribution in [0.3, 0.4) is 0 Å². The molecule has 1 heterocycles. The lowest BCUT2D eigenvalue weighted by atomic mass is 10.2. The number of carbonyl (C=O) groups excluding carboxylic acids is 1. The Hall–Kier alpha value is -1.49. The molecule has 0 fully saturated rings. The van der Waals surface area contributed by atoms with Gasteiger partial charge in [-0.1, -0.05) is 0 Å². The van der Waals surface area contributed by atoms with E-state index in [-0.39, 0.29) is 0 Å². The second-order valence-corrected chi connectivity index (χ2v) is 2.86. The number of aliphatic carboxylic acids is 1. The van der Waals surface area contributed by atoms with Gasteiger partial charge in [0.25, 0.3) is 0 Å². The zero-order chi connectivity index (χ0) is 11.7. The van der Waals surface area contributed by atoms with Crippen molar-refractivity contribution in [3.63, 3.8) is 0 Å². The molecule has 0 radical (unpaired) electrons. The van der Waals surface area contributed by atoms with Crippen molar-refractivity contribution in [2.45, 2.75) is 19.8 Å². The highest BCUT2D eigenvalue weighted by Gasteiger charge is 2.04. The summed E-state index contributed by atoms with van der Waals surface area (Å²) in [5.41, 5.74) is 3.76. The number of quaternary nitrogens is 1. The molecule has 1 rings (SSSR count). The van der Waals surface area contributed by atoms with E-state index in [9.17, 15) is 0 Å². The van der Waals surface area contributed by atoms with Crippen molar-refractivity contribution in [3.8, 4) is 5.75 Å². The minimum Gasteiger partial charge on any atom is -0.550 e. The minimum absolute atomic E-state index is 0.846. The van der Waals surface area contributed by atoms with Crippen LogP contribution in [0.15, 0.2) is 16.7 Å². The van der Waals surface area contributed by atoms with E-state index < -0.39 is 5.97 Å².